The van der Waals surface area contributed by atoms with Crippen LogP contribution in [0.5, 0.6) is 5.75 Å². The summed E-state index contributed by atoms with van der Waals surface area (Å²) in [5.41, 5.74) is 5.04. The monoisotopic (exact) mass is 431 g/mol. The van der Waals surface area contributed by atoms with E-state index >= 15 is 0 Å². The zero-order valence-electron chi connectivity index (χ0n) is 17.8. The maximum absolute atomic E-state index is 14.1. The highest BCUT2D eigenvalue weighted by Crippen LogP contribution is 2.45. The molecule has 0 saturated carbocycles. The standard InChI is InChI=1S/C26H23F2N3O/c1-3-4-9-30-21-5-7-22-24-13-16-12-20(29-2)6-8-23(16)31(24)26(32-25(22)15-21)17-10-18(27)14-19(28)11-17/h4-15,26,29-30H,3H2,1-2H3/b9-4+. The maximum Gasteiger partial charge on any atom is 0.203 e. The minimum Gasteiger partial charge on any atom is -0.465 e. The van der Waals surface area contributed by atoms with Crippen molar-refractivity contribution in [2.75, 3.05) is 17.7 Å². The quantitative estimate of drug-likeness (QED) is 0.361. The van der Waals surface area contributed by atoms with Crippen LogP contribution in [0.15, 0.2) is 72.9 Å². The van der Waals surface area contributed by atoms with Crippen LogP contribution in [0, 0.1) is 11.6 Å². The molecule has 0 saturated heterocycles. The number of nitrogens with one attached hydrogen (secondary N) is 2. The zero-order chi connectivity index (χ0) is 22.2. The number of anilines is 2. The number of hydrogen-bond acceptors (Lipinski definition) is 3. The van der Waals surface area contributed by atoms with Gasteiger partial charge in [-0.1, -0.05) is 13.0 Å². The molecule has 2 N–H and O–H groups in total. The Morgan fingerprint density at radius 3 is 2.50 bits per heavy atom. The van der Waals surface area contributed by atoms with Gasteiger partial charge in [0.2, 0.25) is 6.23 Å². The maximum atomic E-state index is 14.1. The summed E-state index contributed by atoms with van der Waals surface area (Å²) in [5, 5.41) is 7.40. The first-order valence-corrected chi connectivity index (χ1v) is 10.6. The number of allylic oxidation sites excluding steroid dienone is 1. The Morgan fingerprint density at radius 2 is 1.75 bits per heavy atom. The number of nitrogens with zero attached hydrogens (tertiary/aromatic N) is 1. The lowest BCUT2D eigenvalue weighted by molar-refractivity contribution is 0.172. The number of hydrogen-bond donors (Lipinski definition) is 2. The number of ether oxygens (including phenoxy) is 1. The second-order valence-corrected chi connectivity index (χ2v) is 7.76. The van der Waals surface area contributed by atoms with Crippen molar-refractivity contribution in [3.8, 4) is 17.0 Å². The highest BCUT2D eigenvalue weighted by atomic mass is 19.1. The van der Waals surface area contributed by atoms with E-state index in [1.54, 1.807) is 0 Å². The van der Waals surface area contributed by atoms with Crippen LogP contribution in [0.25, 0.3) is 22.2 Å². The van der Waals surface area contributed by atoms with Crippen molar-refractivity contribution < 1.29 is 13.5 Å². The van der Waals surface area contributed by atoms with Gasteiger partial charge in [0, 0.05) is 47.1 Å². The summed E-state index contributed by atoms with van der Waals surface area (Å²) in [6, 6.07) is 17.5. The number of benzene rings is 3. The molecule has 1 atom stereocenters. The summed E-state index contributed by atoms with van der Waals surface area (Å²) in [4.78, 5) is 0. The number of rotatable bonds is 5. The fourth-order valence-corrected chi connectivity index (χ4v) is 4.15. The highest BCUT2D eigenvalue weighted by Gasteiger charge is 2.30. The van der Waals surface area contributed by atoms with E-state index in [-0.39, 0.29) is 0 Å². The third kappa shape index (κ3) is 3.47. The largest absolute Gasteiger partial charge is 0.465 e. The molecule has 0 amide bonds. The lowest BCUT2D eigenvalue weighted by Crippen LogP contribution is -2.22. The van der Waals surface area contributed by atoms with E-state index in [2.05, 4.69) is 29.7 Å². The number of fused-ring (bicyclic) bond motifs is 5. The van der Waals surface area contributed by atoms with Crippen LogP contribution in [-0.4, -0.2) is 11.6 Å². The normalized spacial score (nSPS) is 14.8. The molecule has 0 spiro atoms. The van der Waals surface area contributed by atoms with Gasteiger partial charge in [-0.15, -0.1) is 0 Å². The van der Waals surface area contributed by atoms with Crippen molar-refractivity contribution in [3.63, 3.8) is 0 Å². The second kappa shape index (κ2) is 8.04. The molecule has 1 aliphatic heterocycles. The molecule has 3 aromatic carbocycles. The third-order valence-electron chi connectivity index (χ3n) is 5.63. The highest BCUT2D eigenvalue weighted by molar-refractivity contribution is 5.91. The van der Waals surface area contributed by atoms with Crippen molar-refractivity contribution in [3.05, 3.63) is 90.1 Å². The second-order valence-electron chi connectivity index (χ2n) is 7.76. The van der Waals surface area contributed by atoms with Gasteiger partial charge in [-0.25, -0.2) is 8.78 Å². The molecule has 0 fully saturated rings. The van der Waals surface area contributed by atoms with E-state index in [1.165, 1.54) is 12.1 Å². The van der Waals surface area contributed by atoms with Gasteiger partial charge < -0.3 is 19.9 Å². The van der Waals surface area contributed by atoms with Crippen molar-refractivity contribution in [1.82, 2.24) is 4.57 Å². The topological polar surface area (TPSA) is 38.2 Å². The average Bonchev–Trinajstić information content (AvgIpc) is 3.16. The zero-order valence-corrected chi connectivity index (χ0v) is 17.8. The summed E-state index contributed by atoms with van der Waals surface area (Å²) in [6.07, 6.45) is 4.13. The molecule has 2 heterocycles. The molecule has 0 bridgehead atoms. The van der Waals surface area contributed by atoms with Gasteiger partial charge in [0.05, 0.1) is 11.2 Å². The van der Waals surface area contributed by atoms with Gasteiger partial charge in [0.25, 0.3) is 0 Å². The summed E-state index contributed by atoms with van der Waals surface area (Å²) in [5.74, 6) is -0.617. The van der Waals surface area contributed by atoms with Crippen LogP contribution in [0.4, 0.5) is 20.2 Å². The molecule has 5 rings (SSSR count). The first-order chi connectivity index (χ1) is 15.6. The van der Waals surface area contributed by atoms with Gasteiger partial charge in [0.15, 0.2) is 0 Å². The van der Waals surface area contributed by atoms with E-state index in [0.717, 1.165) is 46.0 Å². The van der Waals surface area contributed by atoms with Crippen molar-refractivity contribution >= 4 is 22.3 Å². The van der Waals surface area contributed by atoms with Crippen LogP contribution in [0.3, 0.4) is 0 Å². The lowest BCUT2D eigenvalue weighted by Gasteiger charge is -2.30. The molecule has 1 aliphatic rings. The Balaban J connectivity index is 1.71. The van der Waals surface area contributed by atoms with Crippen LogP contribution in [-0.2, 0) is 0 Å². The van der Waals surface area contributed by atoms with Crippen LogP contribution >= 0.6 is 0 Å². The molecular weight excluding hydrogens is 408 g/mol. The van der Waals surface area contributed by atoms with Gasteiger partial charge in [-0.2, -0.15) is 0 Å². The molecule has 0 radical (unpaired) electrons. The Kier molecular flexibility index (Phi) is 5.05. The first kappa shape index (κ1) is 20.1. The number of halogens is 2. The third-order valence-corrected chi connectivity index (χ3v) is 5.63. The van der Waals surface area contributed by atoms with E-state index in [0.29, 0.717) is 11.3 Å². The summed E-state index contributed by atoms with van der Waals surface area (Å²) >= 11 is 0. The van der Waals surface area contributed by atoms with Gasteiger partial charge in [0.1, 0.15) is 17.4 Å². The van der Waals surface area contributed by atoms with Gasteiger partial charge in [-0.05, 0) is 61.2 Å². The molecule has 32 heavy (non-hydrogen) atoms. The molecule has 162 valence electrons. The Hall–Kier alpha value is -3.80. The predicted molar refractivity (Wildman–Crippen MR) is 125 cm³/mol. The fourth-order valence-electron chi connectivity index (χ4n) is 4.15. The SMILES string of the molecule is CC/C=C/Nc1ccc2c(c1)OC(c1cc(F)cc(F)c1)n1c-2cc2cc(NC)ccc21. The predicted octanol–water partition coefficient (Wildman–Crippen LogP) is 6.90. The summed E-state index contributed by atoms with van der Waals surface area (Å²) in [6.45, 7) is 2.06. The van der Waals surface area contributed by atoms with E-state index in [9.17, 15) is 8.78 Å². The van der Waals surface area contributed by atoms with E-state index in [4.69, 9.17) is 4.74 Å². The van der Waals surface area contributed by atoms with Crippen molar-refractivity contribution in [2.24, 2.45) is 0 Å². The molecule has 0 aliphatic carbocycles. The van der Waals surface area contributed by atoms with E-state index in [1.807, 2.05) is 54.2 Å². The molecular formula is C26H23F2N3O. The Labute approximate surface area is 185 Å². The van der Waals surface area contributed by atoms with Crippen LogP contribution in [0.2, 0.25) is 0 Å². The number of aromatic nitrogens is 1. The van der Waals surface area contributed by atoms with Crippen molar-refractivity contribution in [2.45, 2.75) is 19.6 Å². The molecule has 4 nitrogen and oxygen atoms in total. The Morgan fingerprint density at radius 1 is 0.969 bits per heavy atom. The van der Waals surface area contributed by atoms with Gasteiger partial charge >= 0.3 is 0 Å². The average molecular weight is 431 g/mol. The lowest BCUT2D eigenvalue weighted by atomic mass is 10.1. The minimum atomic E-state index is -0.706. The molecule has 1 unspecified atom stereocenters. The smallest absolute Gasteiger partial charge is 0.203 e. The molecule has 4 aromatic rings. The fraction of sp³-hybridized carbons (Fsp3) is 0.154. The van der Waals surface area contributed by atoms with Crippen LogP contribution < -0.4 is 15.4 Å². The molecule has 1 aromatic heterocycles. The van der Waals surface area contributed by atoms with Crippen molar-refractivity contribution in [1.29, 1.82) is 0 Å². The minimum absolute atomic E-state index is 0.411. The van der Waals surface area contributed by atoms with Gasteiger partial charge in [-0.3, -0.25) is 0 Å². The van der Waals surface area contributed by atoms with Crippen LogP contribution in [0.1, 0.15) is 25.1 Å². The summed E-state index contributed by atoms with van der Waals surface area (Å²) in [7, 11) is 1.87. The Bertz CT molecular complexity index is 1320. The summed E-state index contributed by atoms with van der Waals surface area (Å²) < 4.78 is 36.6. The first-order valence-electron chi connectivity index (χ1n) is 10.6. The molecule has 6 heteroatoms. The van der Waals surface area contributed by atoms with E-state index < -0.39 is 17.9 Å².